The van der Waals surface area contributed by atoms with Crippen molar-refractivity contribution in [3.63, 3.8) is 0 Å². The summed E-state index contributed by atoms with van der Waals surface area (Å²) >= 11 is 12.5. The summed E-state index contributed by atoms with van der Waals surface area (Å²) in [6.07, 6.45) is 0.198. The molecular weight excluding hydrogens is 645 g/mol. The third-order valence-corrected chi connectivity index (χ3v) is 9.61. The van der Waals surface area contributed by atoms with E-state index < -0.39 is 28.5 Å². The van der Waals surface area contributed by atoms with Gasteiger partial charge in [-0.15, -0.1) is 0 Å². The average Bonchev–Trinajstić information content (AvgIpc) is 3.04. The molecule has 1 atom stereocenters. The van der Waals surface area contributed by atoms with Crippen molar-refractivity contribution in [1.29, 1.82) is 0 Å². The lowest BCUT2D eigenvalue weighted by Gasteiger charge is -2.34. The number of halogens is 2. The van der Waals surface area contributed by atoms with E-state index in [1.54, 1.807) is 60.7 Å². The first-order chi connectivity index (χ1) is 22.0. The number of carbonyl (C=O) groups excluding carboxylic acids is 2. The summed E-state index contributed by atoms with van der Waals surface area (Å²) in [7, 11) is -4.23. The Labute approximate surface area is 280 Å². The number of ether oxygens (including phenoxy) is 1. The maximum Gasteiger partial charge on any atom is 0.264 e. The summed E-state index contributed by atoms with van der Waals surface area (Å²) < 4.78 is 34.8. The first-order valence-corrected chi connectivity index (χ1v) is 17.1. The van der Waals surface area contributed by atoms with Gasteiger partial charge in [-0.2, -0.15) is 0 Å². The van der Waals surface area contributed by atoms with Gasteiger partial charge in [0.25, 0.3) is 10.0 Å². The predicted molar refractivity (Wildman–Crippen MR) is 183 cm³/mol. The van der Waals surface area contributed by atoms with Crippen LogP contribution in [0.2, 0.25) is 10.0 Å². The van der Waals surface area contributed by atoms with Gasteiger partial charge in [-0.3, -0.25) is 13.9 Å². The highest BCUT2D eigenvalue weighted by molar-refractivity contribution is 7.92. The zero-order valence-electron chi connectivity index (χ0n) is 25.9. The zero-order valence-corrected chi connectivity index (χ0v) is 28.2. The number of anilines is 1. The fourth-order valence-corrected chi connectivity index (χ4v) is 6.63. The summed E-state index contributed by atoms with van der Waals surface area (Å²) in [5, 5.41) is 3.58. The number of hydrogen-bond donors (Lipinski definition) is 1. The van der Waals surface area contributed by atoms with Gasteiger partial charge in [0.2, 0.25) is 11.8 Å². The Hall–Kier alpha value is -4.05. The van der Waals surface area contributed by atoms with Gasteiger partial charge in [0.15, 0.2) is 0 Å². The highest BCUT2D eigenvalue weighted by atomic mass is 35.5. The molecule has 11 heteroatoms. The summed E-state index contributed by atoms with van der Waals surface area (Å²) in [5.41, 5.74) is 1.75. The number of nitrogens with zero attached hydrogens (tertiary/aromatic N) is 2. The van der Waals surface area contributed by atoms with Gasteiger partial charge in [0.05, 0.1) is 27.2 Å². The third-order valence-electron chi connectivity index (χ3n) is 7.08. The number of rotatable bonds is 14. The third kappa shape index (κ3) is 9.02. The molecule has 0 aliphatic rings. The summed E-state index contributed by atoms with van der Waals surface area (Å²) in [6, 6.07) is 27.6. The quantitative estimate of drug-likeness (QED) is 0.159. The van der Waals surface area contributed by atoms with Crippen molar-refractivity contribution in [1.82, 2.24) is 10.2 Å². The van der Waals surface area contributed by atoms with Gasteiger partial charge in [0, 0.05) is 19.0 Å². The molecule has 1 unspecified atom stereocenters. The highest BCUT2D eigenvalue weighted by Crippen LogP contribution is 2.27. The molecule has 0 bridgehead atoms. The van der Waals surface area contributed by atoms with Crippen LogP contribution in [0.25, 0.3) is 0 Å². The minimum absolute atomic E-state index is 0.0120. The topological polar surface area (TPSA) is 96.0 Å². The van der Waals surface area contributed by atoms with Crippen LogP contribution in [-0.4, -0.2) is 50.4 Å². The van der Waals surface area contributed by atoms with Crippen molar-refractivity contribution < 1.29 is 22.7 Å². The SMILES string of the molecule is CCOc1ccc(S(=O)(=O)N(CC(=O)N(Cc2ccc(Cl)c(Cl)c2)C(Cc2ccccc2)C(=O)NC(C)C)c2ccccc2)cc1. The van der Waals surface area contributed by atoms with E-state index in [0.717, 1.165) is 9.87 Å². The molecule has 0 heterocycles. The lowest BCUT2D eigenvalue weighted by atomic mass is 10.0. The van der Waals surface area contributed by atoms with Crippen molar-refractivity contribution in [2.45, 2.75) is 50.7 Å². The standard InChI is InChI=1S/C35H37Cl2N3O5S/c1-4-45-29-16-18-30(19-17-29)46(43,44)40(28-13-9-6-10-14-28)24-34(41)39(23-27-15-20-31(36)32(37)21-27)33(35(42)38-25(2)3)22-26-11-7-5-8-12-26/h5-21,25,33H,4,22-24H2,1-3H3,(H,38,42). The van der Waals surface area contributed by atoms with E-state index >= 15 is 0 Å². The zero-order chi connectivity index (χ0) is 33.3. The molecule has 0 aromatic heterocycles. The lowest BCUT2D eigenvalue weighted by molar-refractivity contribution is -0.140. The maximum atomic E-state index is 14.5. The van der Waals surface area contributed by atoms with E-state index in [1.165, 1.54) is 17.0 Å². The van der Waals surface area contributed by atoms with Gasteiger partial charge < -0.3 is 15.0 Å². The Morgan fingerprint density at radius 2 is 1.46 bits per heavy atom. The first-order valence-electron chi connectivity index (χ1n) is 14.9. The monoisotopic (exact) mass is 681 g/mol. The molecule has 4 aromatic rings. The number of para-hydroxylation sites is 1. The number of hydrogen-bond acceptors (Lipinski definition) is 5. The van der Waals surface area contributed by atoms with Crippen LogP contribution in [0.3, 0.4) is 0 Å². The molecule has 46 heavy (non-hydrogen) atoms. The summed E-state index contributed by atoms with van der Waals surface area (Å²) in [6.45, 7) is 5.35. The van der Waals surface area contributed by atoms with Crippen LogP contribution < -0.4 is 14.4 Å². The van der Waals surface area contributed by atoms with Gasteiger partial charge >= 0.3 is 0 Å². The molecule has 0 aliphatic heterocycles. The van der Waals surface area contributed by atoms with Crippen LogP contribution in [0.5, 0.6) is 5.75 Å². The second-order valence-corrected chi connectivity index (χ2v) is 13.6. The van der Waals surface area contributed by atoms with Crippen molar-refractivity contribution >= 4 is 50.7 Å². The number of sulfonamides is 1. The molecule has 8 nitrogen and oxygen atoms in total. The Balaban J connectivity index is 1.79. The van der Waals surface area contributed by atoms with E-state index in [-0.39, 0.29) is 29.8 Å². The highest BCUT2D eigenvalue weighted by Gasteiger charge is 2.35. The average molecular weight is 683 g/mol. The number of benzene rings is 4. The smallest absolute Gasteiger partial charge is 0.264 e. The summed E-state index contributed by atoms with van der Waals surface area (Å²) in [4.78, 5) is 29.7. The molecule has 0 aliphatic carbocycles. The van der Waals surface area contributed by atoms with Crippen LogP contribution in [-0.2, 0) is 32.6 Å². The van der Waals surface area contributed by atoms with E-state index in [1.807, 2.05) is 51.1 Å². The van der Waals surface area contributed by atoms with Gasteiger partial charge in [0.1, 0.15) is 18.3 Å². The second kappa shape index (κ2) is 16.0. The molecule has 242 valence electrons. The molecule has 0 saturated heterocycles. The summed E-state index contributed by atoms with van der Waals surface area (Å²) in [5.74, 6) is -0.423. The van der Waals surface area contributed by atoms with Crippen LogP contribution in [0.1, 0.15) is 31.9 Å². The number of amides is 2. The Kier molecular flexibility index (Phi) is 12.1. The fraction of sp³-hybridized carbons (Fsp3) is 0.257. The van der Waals surface area contributed by atoms with Gasteiger partial charge in [-0.25, -0.2) is 8.42 Å². The molecule has 0 spiro atoms. The Morgan fingerprint density at radius 3 is 2.04 bits per heavy atom. The first kappa shape index (κ1) is 34.8. The number of nitrogens with one attached hydrogen (secondary N) is 1. The molecular formula is C35H37Cl2N3O5S. The van der Waals surface area contributed by atoms with Gasteiger partial charge in [-0.1, -0.05) is 77.8 Å². The normalized spacial score (nSPS) is 12.0. The number of carbonyl (C=O) groups is 2. The van der Waals surface area contributed by atoms with Crippen molar-refractivity contribution in [2.24, 2.45) is 0 Å². The Morgan fingerprint density at radius 1 is 0.826 bits per heavy atom. The van der Waals surface area contributed by atoms with Crippen LogP contribution in [0, 0.1) is 0 Å². The molecule has 0 fully saturated rings. The minimum atomic E-state index is -4.23. The van der Waals surface area contributed by atoms with E-state index in [4.69, 9.17) is 27.9 Å². The van der Waals surface area contributed by atoms with E-state index in [2.05, 4.69) is 5.32 Å². The molecule has 4 rings (SSSR count). The van der Waals surface area contributed by atoms with E-state index in [9.17, 15) is 18.0 Å². The molecule has 0 radical (unpaired) electrons. The van der Waals surface area contributed by atoms with Crippen molar-refractivity contribution in [2.75, 3.05) is 17.5 Å². The van der Waals surface area contributed by atoms with Crippen LogP contribution in [0.15, 0.2) is 108 Å². The Bertz CT molecular complexity index is 1720. The molecule has 2 amide bonds. The largest absolute Gasteiger partial charge is 0.494 e. The van der Waals surface area contributed by atoms with Crippen molar-refractivity contribution in [3.8, 4) is 5.75 Å². The molecule has 4 aromatic carbocycles. The van der Waals surface area contributed by atoms with Crippen LogP contribution >= 0.6 is 23.2 Å². The fourth-order valence-electron chi connectivity index (χ4n) is 4.89. The van der Waals surface area contributed by atoms with Crippen LogP contribution in [0.4, 0.5) is 5.69 Å². The maximum absolute atomic E-state index is 14.5. The molecule has 0 saturated carbocycles. The second-order valence-electron chi connectivity index (χ2n) is 10.9. The lowest BCUT2D eigenvalue weighted by Crippen LogP contribution is -2.54. The molecule has 1 N–H and O–H groups in total. The van der Waals surface area contributed by atoms with Gasteiger partial charge in [-0.05, 0) is 80.4 Å². The predicted octanol–water partition coefficient (Wildman–Crippen LogP) is 6.75. The minimum Gasteiger partial charge on any atom is -0.494 e. The van der Waals surface area contributed by atoms with Crippen molar-refractivity contribution in [3.05, 3.63) is 124 Å². The van der Waals surface area contributed by atoms with E-state index in [0.29, 0.717) is 33.7 Å².